The Kier molecular flexibility index (Phi) is 37.1. The summed E-state index contributed by atoms with van der Waals surface area (Å²) in [5.74, 6) is -0.862. The number of phosphoric acid groups is 1. The minimum atomic E-state index is -4.39. The Morgan fingerprint density at radius 1 is 0.554 bits per heavy atom. The first kappa shape index (κ1) is 54.0. The van der Waals surface area contributed by atoms with E-state index in [0.29, 0.717) is 17.4 Å². The number of esters is 2. The third-order valence-electron chi connectivity index (χ3n) is 9.36. The average molecular weight is 811 g/mol. The Morgan fingerprint density at radius 3 is 1.48 bits per heavy atom. The highest BCUT2D eigenvalue weighted by Gasteiger charge is 2.27. The van der Waals surface area contributed by atoms with Gasteiger partial charge in [-0.25, -0.2) is 4.57 Å². The summed E-state index contributed by atoms with van der Waals surface area (Å²) in [4.78, 5) is 35.3. The van der Waals surface area contributed by atoms with Crippen LogP contribution in [0.4, 0.5) is 0 Å². The fraction of sp³-hybridized carbons (Fsp3) is 0.783. The lowest BCUT2D eigenvalue weighted by Gasteiger charge is -2.24. The molecule has 2 unspecified atom stereocenters. The van der Waals surface area contributed by atoms with Crippen molar-refractivity contribution in [1.29, 1.82) is 0 Å². The van der Waals surface area contributed by atoms with E-state index in [0.717, 1.165) is 44.9 Å². The van der Waals surface area contributed by atoms with Gasteiger partial charge in [0.15, 0.2) is 6.10 Å². The number of hydrogen-bond acceptors (Lipinski definition) is 7. The molecule has 0 aromatic rings. The van der Waals surface area contributed by atoms with Crippen molar-refractivity contribution in [2.75, 3.05) is 47.5 Å². The maximum absolute atomic E-state index is 12.7. The molecule has 0 heterocycles. The van der Waals surface area contributed by atoms with Gasteiger partial charge in [-0.05, 0) is 51.4 Å². The van der Waals surface area contributed by atoms with Crippen LogP contribution in [0.2, 0.25) is 0 Å². The molecule has 0 amide bonds. The number of likely N-dealkylation sites (N-methyl/N-ethyl adjacent to an activating group) is 1. The Labute approximate surface area is 343 Å². The molecule has 0 aromatic heterocycles. The summed E-state index contributed by atoms with van der Waals surface area (Å²) in [5.41, 5.74) is 0. The maximum atomic E-state index is 12.7. The molecule has 0 aliphatic rings. The molecule has 326 valence electrons. The quantitative estimate of drug-likeness (QED) is 0.0214. The van der Waals surface area contributed by atoms with Crippen molar-refractivity contribution in [3.63, 3.8) is 0 Å². The van der Waals surface area contributed by atoms with Crippen LogP contribution in [0, 0.1) is 0 Å². The third kappa shape index (κ3) is 41.6. The van der Waals surface area contributed by atoms with Gasteiger partial charge in [-0.3, -0.25) is 18.6 Å². The van der Waals surface area contributed by atoms with Crippen molar-refractivity contribution < 1.29 is 42.1 Å². The van der Waals surface area contributed by atoms with Gasteiger partial charge in [0.2, 0.25) is 0 Å². The van der Waals surface area contributed by atoms with E-state index >= 15 is 0 Å². The molecule has 2 atom stereocenters. The molecule has 0 spiro atoms. The minimum Gasteiger partial charge on any atom is -0.462 e. The molecule has 0 saturated heterocycles. The van der Waals surface area contributed by atoms with Gasteiger partial charge in [-0.1, -0.05) is 165 Å². The van der Waals surface area contributed by atoms with Crippen LogP contribution in [0.3, 0.4) is 0 Å². The topological polar surface area (TPSA) is 108 Å². The molecule has 56 heavy (non-hydrogen) atoms. The van der Waals surface area contributed by atoms with Crippen LogP contribution in [0.5, 0.6) is 0 Å². The molecule has 10 heteroatoms. The van der Waals surface area contributed by atoms with E-state index in [4.69, 9.17) is 18.5 Å². The molecule has 0 rings (SSSR count). The molecule has 0 radical (unpaired) electrons. The van der Waals surface area contributed by atoms with E-state index in [2.05, 4.69) is 56.4 Å². The monoisotopic (exact) mass is 811 g/mol. The van der Waals surface area contributed by atoms with E-state index in [1.807, 2.05) is 27.2 Å². The highest BCUT2D eigenvalue weighted by Crippen LogP contribution is 2.43. The van der Waals surface area contributed by atoms with Crippen LogP contribution in [0.15, 0.2) is 48.6 Å². The Bertz CT molecular complexity index is 1100. The summed E-state index contributed by atoms with van der Waals surface area (Å²) in [6.45, 7) is 4.33. The van der Waals surface area contributed by atoms with Crippen LogP contribution in [-0.4, -0.2) is 74.9 Å². The van der Waals surface area contributed by atoms with Gasteiger partial charge in [0, 0.05) is 12.8 Å². The number of carbonyl (C=O) groups is 2. The van der Waals surface area contributed by atoms with Crippen LogP contribution in [0.25, 0.3) is 0 Å². The van der Waals surface area contributed by atoms with Gasteiger partial charge in [0.25, 0.3) is 0 Å². The van der Waals surface area contributed by atoms with Gasteiger partial charge in [-0.2, -0.15) is 0 Å². The first-order chi connectivity index (χ1) is 27.0. The van der Waals surface area contributed by atoms with Gasteiger partial charge in [0.1, 0.15) is 19.8 Å². The number of nitrogens with zero attached hydrogens (tertiary/aromatic N) is 1. The number of rotatable bonds is 40. The van der Waals surface area contributed by atoms with E-state index in [1.165, 1.54) is 103 Å². The van der Waals surface area contributed by atoms with Crippen molar-refractivity contribution in [2.24, 2.45) is 0 Å². The maximum Gasteiger partial charge on any atom is 0.472 e. The molecule has 0 aliphatic carbocycles. The van der Waals surface area contributed by atoms with Crippen molar-refractivity contribution in [1.82, 2.24) is 0 Å². The lowest BCUT2D eigenvalue weighted by molar-refractivity contribution is -0.870. The molecule has 0 bridgehead atoms. The van der Waals surface area contributed by atoms with Crippen LogP contribution in [-0.2, 0) is 32.7 Å². The predicted octanol–water partition coefficient (Wildman–Crippen LogP) is 12.7. The van der Waals surface area contributed by atoms with E-state index in [1.54, 1.807) is 0 Å². The van der Waals surface area contributed by atoms with Gasteiger partial charge < -0.3 is 18.9 Å². The number of unbranched alkanes of at least 4 members (excludes halogenated alkanes) is 18. The molecule has 0 aliphatic heterocycles. The third-order valence-corrected chi connectivity index (χ3v) is 10.3. The summed E-state index contributed by atoms with van der Waals surface area (Å²) in [6.07, 6.45) is 44.5. The zero-order chi connectivity index (χ0) is 41.4. The number of phosphoric ester groups is 1. The van der Waals surface area contributed by atoms with Crippen molar-refractivity contribution in [3.8, 4) is 0 Å². The fourth-order valence-electron chi connectivity index (χ4n) is 5.83. The van der Waals surface area contributed by atoms with E-state index in [-0.39, 0.29) is 32.0 Å². The first-order valence-corrected chi connectivity index (χ1v) is 23.9. The summed E-state index contributed by atoms with van der Waals surface area (Å²) in [6, 6.07) is 0. The second kappa shape index (κ2) is 38.5. The summed E-state index contributed by atoms with van der Waals surface area (Å²) < 4.78 is 34.2. The standard InChI is InChI=1S/C46H84NO8P/c1-6-8-10-12-14-16-18-20-22-23-25-27-29-31-33-35-37-39-46(49)55-44(43-54-56(50,51)53-41-40-47(3,4)5)42-52-45(48)38-36-34-32-30-28-26-24-21-19-17-15-13-11-9-7-2/h14,16,20,22,25,27,31,33,44H,6-13,15,17-19,21,23-24,26,28-30,32,34-43H2,1-5H3/p+1/b16-14+,22-20+,27-25+,33-31+. The minimum absolute atomic E-state index is 0.0213. The van der Waals surface area contributed by atoms with Crippen molar-refractivity contribution in [2.45, 2.75) is 187 Å². The normalized spacial score (nSPS) is 14.0. The molecule has 9 nitrogen and oxygen atoms in total. The first-order valence-electron chi connectivity index (χ1n) is 22.4. The number of ether oxygens (including phenoxy) is 2. The molecule has 0 aromatic carbocycles. The largest absolute Gasteiger partial charge is 0.472 e. The lowest BCUT2D eigenvalue weighted by Crippen LogP contribution is -2.37. The van der Waals surface area contributed by atoms with Gasteiger partial charge >= 0.3 is 19.8 Å². The zero-order valence-corrected chi connectivity index (χ0v) is 37.5. The highest BCUT2D eigenvalue weighted by atomic mass is 31.2. The SMILES string of the molecule is CCCCC/C=C/C/C=C/C/C=C/C/C=C/CCCC(=O)OC(COC(=O)CCCCCCCCCCCCCCCCC)COP(=O)(O)OCC[N+](C)(C)C. The van der Waals surface area contributed by atoms with Crippen molar-refractivity contribution in [3.05, 3.63) is 48.6 Å². The van der Waals surface area contributed by atoms with Crippen molar-refractivity contribution >= 4 is 19.8 Å². The second-order valence-corrected chi connectivity index (χ2v) is 17.5. The van der Waals surface area contributed by atoms with Crippen LogP contribution < -0.4 is 0 Å². The molecular weight excluding hydrogens is 725 g/mol. The predicted molar refractivity (Wildman–Crippen MR) is 233 cm³/mol. The number of allylic oxidation sites excluding steroid dienone is 8. The Balaban J connectivity index is 4.45. The Hall–Kier alpha value is -2.03. The van der Waals surface area contributed by atoms with Gasteiger partial charge in [0.05, 0.1) is 27.7 Å². The number of hydrogen-bond donors (Lipinski definition) is 1. The zero-order valence-electron chi connectivity index (χ0n) is 36.6. The van der Waals surface area contributed by atoms with Crippen LogP contribution in [0.1, 0.15) is 181 Å². The van der Waals surface area contributed by atoms with E-state index < -0.39 is 26.5 Å². The average Bonchev–Trinajstić information content (AvgIpc) is 3.15. The summed E-state index contributed by atoms with van der Waals surface area (Å²) in [7, 11) is 1.44. The molecule has 0 saturated carbocycles. The summed E-state index contributed by atoms with van der Waals surface area (Å²) >= 11 is 0. The lowest BCUT2D eigenvalue weighted by atomic mass is 10.0. The molecule has 1 N–H and O–H groups in total. The Morgan fingerprint density at radius 2 is 0.982 bits per heavy atom. The molecular formula is C46H85NO8P+. The van der Waals surface area contributed by atoms with E-state index in [9.17, 15) is 19.0 Å². The second-order valence-electron chi connectivity index (χ2n) is 16.1. The smallest absolute Gasteiger partial charge is 0.462 e. The fourth-order valence-corrected chi connectivity index (χ4v) is 6.57. The number of carbonyl (C=O) groups excluding carboxylic acids is 2. The summed E-state index contributed by atoms with van der Waals surface area (Å²) in [5, 5.41) is 0. The highest BCUT2D eigenvalue weighted by molar-refractivity contribution is 7.47. The van der Waals surface area contributed by atoms with Gasteiger partial charge in [-0.15, -0.1) is 0 Å². The molecule has 0 fully saturated rings. The van der Waals surface area contributed by atoms with Crippen LogP contribution >= 0.6 is 7.82 Å². The number of quaternary nitrogens is 1.